The Labute approximate surface area is 173 Å². The van der Waals surface area contributed by atoms with E-state index in [9.17, 15) is 4.79 Å². The molecule has 0 fully saturated rings. The van der Waals surface area contributed by atoms with Crippen molar-refractivity contribution in [2.45, 2.75) is 32.4 Å². The van der Waals surface area contributed by atoms with E-state index in [4.69, 9.17) is 0 Å². The van der Waals surface area contributed by atoms with Crippen LogP contribution in [0.3, 0.4) is 0 Å². The first-order valence-electron chi connectivity index (χ1n) is 6.78. The molecule has 108 valence electrons. The van der Waals surface area contributed by atoms with Crippen molar-refractivity contribution in [3.05, 3.63) is 29.7 Å². The maximum absolute atomic E-state index is 10.4. The van der Waals surface area contributed by atoms with E-state index in [1.807, 2.05) is 18.7 Å². The Bertz CT molecular complexity index is 612. The minimum absolute atomic E-state index is 0. The Morgan fingerprint density at radius 1 is 1.43 bits per heavy atom. The third kappa shape index (κ3) is 3.89. The van der Waals surface area contributed by atoms with Gasteiger partial charge in [-0.15, -0.1) is 0 Å². The zero-order valence-corrected chi connectivity index (χ0v) is 17.6. The number of fused-ring (bicyclic) bond motifs is 3. The normalized spacial score (nSPS) is 14.1. The van der Waals surface area contributed by atoms with Crippen molar-refractivity contribution < 1.29 is 68.5 Å². The summed E-state index contributed by atoms with van der Waals surface area (Å²) in [5, 5.41) is 1.26. The minimum Gasteiger partial charge on any atom is -0.870 e. The van der Waals surface area contributed by atoms with Crippen molar-refractivity contribution in [2.75, 3.05) is 13.6 Å². The van der Waals surface area contributed by atoms with Crippen molar-refractivity contribution in [1.82, 2.24) is 14.5 Å². The number of rotatable bonds is 4. The van der Waals surface area contributed by atoms with Crippen molar-refractivity contribution >= 4 is 17.2 Å². The van der Waals surface area contributed by atoms with Crippen molar-refractivity contribution in [3.63, 3.8) is 0 Å². The van der Waals surface area contributed by atoms with Crippen LogP contribution in [-0.4, -0.2) is 39.8 Å². The van der Waals surface area contributed by atoms with Gasteiger partial charge in [-0.2, -0.15) is 6.42 Å². The Balaban J connectivity index is 0.00000110. The van der Waals surface area contributed by atoms with Gasteiger partial charge in [0.2, 0.25) is 0 Å². The first-order valence-corrected chi connectivity index (χ1v) is 6.78. The Morgan fingerprint density at radius 2 is 2.24 bits per heavy atom. The van der Waals surface area contributed by atoms with E-state index >= 15 is 0 Å². The third-order valence-corrected chi connectivity index (χ3v) is 3.91. The number of hydrogen-bond donors (Lipinski definition) is 0. The Morgan fingerprint density at radius 3 is 3.00 bits per heavy atom. The molecule has 0 spiro atoms. The van der Waals surface area contributed by atoms with Crippen molar-refractivity contribution in [2.24, 2.45) is 0 Å². The fraction of sp³-hybridized carbons (Fsp3) is 0.467. The van der Waals surface area contributed by atoms with Crippen LogP contribution in [0.1, 0.15) is 24.1 Å². The summed E-state index contributed by atoms with van der Waals surface area (Å²) >= 11 is 0. The second kappa shape index (κ2) is 8.65. The second-order valence-electron chi connectivity index (χ2n) is 5.21. The van der Waals surface area contributed by atoms with Crippen LogP contribution in [0.15, 0.2) is 18.5 Å². The molecule has 1 N–H and O–H groups in total. The summed E-state index contributed by atoms with van der Waals surface area (Å²) in [6.07, 6.45) is 8.24. The van der Waals surface area contributed by atoms with E-state index in [-0.39, 0.29) is 63.7 Å². The largest absolute Gasteiger partial charge is 1.00 e. The third-order valence-electron chi connectivity index (χ3n) is 3.91. The Kier molecular flexibility index (Phi) is 7.88. The van der Waals surface area contributed by atoms with Gasteiger partial charge < -0.3 is 19.7 Å². The molecule has 6 heteroatoms. The van der Waals surface area contributed by atoms with Crippen LogP contribution in [0, 0.1) is 0 Å². The first kappa shape index (κ1) is 19.1. The minimum atomic E-state index is 0. The molecule has 0 bridgehead atoms. The summed E-state index contributed by atoms with van der Waals surface area (Å²) in [7, 11) is 2.16. The summed E-state index contributed by atoms with van der Waals surface area (Å²) in [5.74, 6) is 0. The number of pyridine rings is 1. The molecule has 0 atom stereocenters. The van der Waals surface area contributed by atoms with Gasteiger partial charge in [0.1, 0.15) is 0 Å². The fourth-order valence-corrected chi connectivity index (χ4v) is 2.99. The fourth-order valence-electron chi connectivity index (χ4n) is 2.99. The molecule has 3 heterocycles. The number of unbranched alkanes of at least 4 members (excludes halogenated alkanes) is 1. The van der Waals surface area contributed by atoms with Crippen LogP contribution in [-0.2, 0) is 24.3 Å². The van der Waals surface area contributed by atoms with E-state index in [1.165, 1.54) is 22.2 Å². The summed E-state index contributed by atoms with van der Waals surface area (Å²) in [6, 6.07) is 2.08. The molecule has 21 heavy (non-hydrogen) atoms. The monoisotopic (exact) mass is 358 g/mol. The number of carbonyl (C=O) groups excluding carboxylic acids is 1. The summed E-state index contributed by atoms with van der Waals surface area (Å²) in [6.45, 7) is 2.98. The van der Waals surface area contributed by atoms with E-state index < -0.39 is 0 Å². The summed E-state index contributed by atoms with van der Waals surface area (Å²) < 4.78 is 2.37. The van der Waals surface area contributed by atoms with Crippen LogP contribution in [0.2, 0.25) is 0 Å². The van der Waals surface area contributed by atoms with Crippen LogP contribution in [0.5, 0.6) is 0 Å². The van der Waals surface area contributed by atoms with Gasteiger partial charge in [-0.1, -0.05) is 6.42 Å². The number of nitrogens with zero attached hydrogens (tertiary/aromatic N) is 3. The molecular weight excluding hydrogens is 340 g/mol. The molecule has 0 aromatic carbocycles. The van der Waals surface area contributed by atoms with Crippen LogP contribution < -0.4 is 58.2 Å². The zero-order valence-electron chi connectivity index (χ0n) is 12.7. The average Bonchev–Trinajstić information content (AvgIpc) is 2.73. The molecule has 0 amide bonds. The number of hydrogen-bond acceptors (Lipinski definition) is 4. The smallest absolute Gasteiger partial charge is 0.870 e. The predicted octanol–water partition coefficient (Wildman–Crippen LogP) is -1.26. The van der Waals surface area contributed by atoms with Gasteiger partial charge in [0.05, 0.1) is 5.52 Å². The van der Waals surface area contributed by atoms with E-state index in [1.54, 1.807) is 0 Å². The van der Waals surface area contributed by atoms with Gasteiger partial charge >= 0.3 is 58.2 Å². The molecule has 2 aromatic rings. The SMILES string of the molecule is CN1CCc2c(c3cnccc3n2CCC[C-]=O)C1.[OH-].[Rb+]. The Hall–Kier alpha value is 0.0852. The molecule has 0 radical (unpaired) electrons. The summed E-state index contributed by atoms with van der Waals surface area (Å²) in [4.78, 5) is 17.0. The molecule has 1 aliphatic rings. The van der Waals surface area contributed by atoms with E-state index in [0.717, 1.165) is 32.5 Å². The number of likely N-dealkylation sites (N-methyl/N-ethyl adjacent to an activating group) is 1. The molecule has 5 nitrogen and oxygen atoms in total. The number of aromatic nitrogens is 2. The van der Waals surface area contributed by atoms with Gasteiger partial charge in [-0.3, -0.25) is 11.3 Å². The van der Waals surface area contributed by atoms with Crippen LogP contribution in [0.4, 0.5) is 0 Å². The standard InChI is InChI=1S/C15H18N3O.H2O.Rb/c1-17-8-5-15-13(11-17)12-10-16-6-4-14(12)18(15)7-2-3-9-19;;/h4,6,10H,2-3,5,7-8,11H2,1H3;1H2;/q-1;;+1/p-1. The van der Waals surface area contributed by atoms with Crippen LogP contribution in [0.25, 0.3) is 10.9 Å². The van der Waals surface area contributed by atoms with E-state index in [0.29, 0.717) is 6.42 Å². The van der Waals surface area contributed by atoms with Crippen molar-refractivity contribution in [1.29, 1.82) is 0 Å². The topological polar surface area (TPSA) is 68.1 Å². The summed E-state index contributed by atoms with van der Waals surface area (Å²) in [5.41, 5.74) is 4.08. The molecule has 1 aliphatic heterocycles. The molecule has 0 unspecified atom stereocenters. The average molecular weight is 359 g/mol. The maximum atomic E-state index is 10.4. The molecule has 0 saturated carbocycles. The zero-order chi connectivity index (χ0) is 13.2. The van der Waals surface area contributed by atoms with Crippen molar-refractivity contribution in [3.8, 4) is 0 Å². The van der Waals surface area contributed by atoms with Gasteiger partial charge in [0.25, 0.3) is 0 Å². The first-order chi connectivity index (χ1) is 9.31. The maximum Gasteiger partial charge on any atom is 1.00 e. The van der Waals surface area contributed by atoms with Crippen LogP contribution >= 0.6 is 0 Å². The molecule has 3 rings (SSSR count). The molecular formula is C15H19N3O2Rb-. The van der Waals surface area contributed by atoms with E-state index in [2.05, 4.69) is 27.6 Å². The van der Waals surface area contributed by atoms with Gasteiger partial charge in [-0.25, -0.2) is 0 Å². The quantitative estimate of drug-likeness (QED) is 0.505. The van der Waals surface area contributed by atoms with Gasteiger partial charge in [0.15, 0.2) is 0 Å². The molecule has 2 aromatic heterocycles. The van der Waals surface area contributed by atoms with Gasteiger partial charge in [0, 0.05) is 49.5 Å². The molecule has 0 aliphatic carbocycles. The molecule has 0 saturated heterocycles. The number of aryl methyl sites for hydroxylation is 1. The second-order valence-corrected chi connectivity index (χ2v) is 5.21. The predicted molar refractivity (Wildman–Crippen MR) is 76.6 cm³/mol. The van der Waals surface area contributed by atoms with Gasteiger partial charge in [-0.05, 0) is 18.7 Å².